The second kappa shape index (κ2) is 15.6. The van der Waals surface area contributed by atoms with Gasteiger partial charge in [-0.05, 0) is 42.5 Å². The third kappa shape index (κ3) is 11.5. The summed E-state index contributed by atoms with van der Waals surface area (Å²) in [5.41, 5.74) is 18.0. The van der Waals surface area contributed by atoms with E-state index in [-0.39, 0.29) is 37.5 Å². The number of nitrogens with two attached hydrogens (primary N) is 3. The summed E-state index contributed by atoms with van der Waals surface area (Å²) in [6.45, 7) is -0.261. The van der Waals surface area contributed by atoms with Gasteiger partial charge in [0, 0.05) is 13.0 Å². The van der Waals surface area contributed by atoms with Crippen molar-refractivity contribution in [1.82, 2.24) is 16.0 Å². The van der Waals surface area contributed by atoms with Gasteiger partial charge in [0.15, 0.2) is 5.96 Å². The van der Waals surface area contributed by atoms with Crippen molar-refractivity contribution in [3.63, 3.8) is 0 Å². The lowest BCUT2D eigenvalue weighted by molar-refractivity contribution is -0.142. The fourth-order valence-corrected chi connectivity index (χ4v) is 3.62. The quantitative estimate of drug-likeness (QED) is 0.0761. The number of carboxylic acid groups (broad SMARTS) is 1. The Bertz CT molecular complexity index is 1140. The van der Waals surface area contributed by atoms with Gasteiger partial charge in [0.1, 0.15) is 17.8 Å². The van der Waals surface area contributed by atoms with E-state index in [1.165, 1.54) is 12.1 Å². The standard InChI is InChI=1S/C26H35N7O6/c27-19(13-17-8-10-18(34)11-9-17)23(36)31-15-22(35)32-20(7-4-12-30-26(28)29)24(37)33-21(25(38)39)14-16-5-2-1-3-6-16/h1-3,5-6,8-11,19-21,34H,4,7,12-15,27H2,(H,31,36)(H,32,35)(H,33,37)(H,38,39)(H4,28,29,30). The number of carboxylic acids is 1. The predicted molar refractivity (Wildman–Crippen MR) is 144 cm³/mol. The smallest absolute Gasteiger partial charge is 0.326 e. The maximum Gasteiger partial charge on any atom is 0.326 e. The number of guanidine groups is 1. The lowest BCUT2D eigenvalue weighted by atomic mass is 10.0. The van der Waals surface area contributed by atoms with E-state index >= 15 is 0 Å². The molecule has 0 bridgehead atoms. The number of phenols is 1. The number of carbonyl (C=O) groups is 4. The first-order valence-corrected chi connectivity index (χ1v) is 12.3. The van der Waals surface area contributed by atoms with Crippen molar-refractivity contribution < 1.29 is 29.4 Å². The first-order chi connectivity index (χ1) is 18.5. The fraction of sp³-hybridized carbons (Fsp3) is 0.346. The van der Waals surface area contributed by atoms with E-state index in [1.807, 2.05) is 0 Å². The van der Waals surface area contributed by atoms with Gasteiger partial charge in [0.05, 0.1) is 12.6 Å². The number of hydrogen-bond acceptors (Lipinski definition) is 7. The van der Waals surface area contributed by atoms with Crippen molar-refractivity contribution in [3.8, 4) is 5.75 Å². The van der Waals surface area contributed by atoms with Crippen LogP contribution < -0.4 is 33.2 Å². The van der Waals surface area contributed by atoms with E-state index in [4.69, 9.17) is 17.2 Å². The summed E-state index contributed by atoms with van der Waals surface area (Å²) in [6, 6.07) is 11.7. The van der Waals surface area contributed by atoms with Crippen LogP contribution >= 0.6 is 0 Å². The van der Waals surface area contributed by atoms with E-state index in [0.717, 1.165) is 5.56 Å². The van der Waals surface area contributed by atoms with Gasteiger partial charge >= 0.3 is 5.97 Å². The highest BCUT2D eigenvalue weighted by Crippen LogP contribution is 2.11. The average molecular weight is 542 g/mol. The van der Waals surface area contributed by atoms with Crippen molar-refractivity contribution >= 4 is 29.7 Å². The van der Waals surface area contributed by atoms with Gasteiger partial charge in [0.25, 0.3) is 0 Å². The molecule has 3 amide bonds. The van der Waals surface area contributed by atoms with Crippen molar-refractivity contribution in [3.05, 3.63) is 65.7 Å². The zero-order valence-electron chi connectivity index (χ0n) is 21.4. The van der Waals surface area contributed by atoms with Gasteiger partial charge in [-0.1, -0.05) is 42.5 Å². The normalized spacial score (nSPS) is 12.8. The summed E-state index contributed by atoms with van der Waals surface area (Å²) in [7, 11) is 0. The minimum Gasteiger partial charge on any atom is -0.508 e. The number of rotatable bonds is 15. The molecule has 13 heteroatoms. The highest BCUT2D eigenvalue weighted by atomic mass is 16.4. The number of nitrogens with zero attached hydrogens (tertiary/aromatic N) is 1. The fourth-order valence-electron chi connectivity index (χ4n) is 3.62. The van der Waals surface area contributed by atoms with Gasteiger partial charge in [-0.15, -0.1) is 0 Å². The van der Waals surface area contributed by atoms with Crippen LogP contribution in [0.4, 0.5) is 0 Å². The molecule has 0 aliphatic rings. The summed E-state index contributed by atoms with van der Waals surface area (Å²) in [4.78, 5) is 53.6. The first-order valence-electron chi connectivity index (χ1n) is 12.3. The van der Waals surface area contributed by atoms with Gasteiger partial charge in [-0.3, -0.25) is 19.4 Å². The second-order valence-electron chi connectivity index (χ2n) is 8.85. The summed E-state index contributed by atoms with van der Waals surface area (Å²) in [5, 5.41) is 26.4. The molecule has 2 aromatic carbocycles. The Labute approximate surface area is 225 Å². The molecular weight excluding hydrogens is 506 g/mol. The summed E-state index contributed by atoms with van der Waals surface area (Å²) < 4.78 is 0. The van der Waals surface area contributed by atoms with Crippen LogP contribution in [0.15, 0.2) is 59.6 Å². The number of nitrogens with one attached hydrogen (secondary N) is 3. The SMILES string of the molecule is NC(N)=NCCCC(NC(=O)CNC(=O)C(N)Cc1ccc(O)cc1)C(=O)NC(Cc1ccccc1)C(=O)O. The minimum atomic E-state index is -1.23. The number of hydrogen-bond donors (Lipinski definition) is 8. The predicted octanol–water partition coefficient (Wildman–Crippen LogP) is -1.27. The highest BCUT2D eigenvalue weighted by molar-refractivity contribution is 5.92. The van der Waals surface area contributed by atoms with Gasteiger partial charge in [-0.2, -0.15) is 0 Å². The molecule has 3 atom stereocenters. The molecule has 0 spiro atoms. The Morgan fingerprint density at radius 3 is 2.10 bits per heavy atom. The number of carbonyl (C=O) groups excluding carboxylic acids is 3. The molecule has 0 radical (unpaired) electrons. The largest absolute Gasteiger partial charge is 0.508 e. The van der Waals surface area contributed by atoms with Gasteiger partial charge in [0.2, 0.25) is 17.7 Å². The highest BCUT2D eigenvalue weighted by Gasteiger charge is 2.27. The van der Waals surface area contributed by atoms with E-state index in [1.54, 1.807) is 42.5 Å². The lowest BCUT2D eigenvalue weighted by Gasteiger charge is -2.22. The maximum absolute atomic E-state index is 13.0. The van der Waals surface area contributed by atoms with E-state index < -0.39 is 48.4 Å². The molecular formula is C26H35N7O6. The molecule has 0 saturated heterocycles. The molecule has 0 saturated carbocycles. The monoisotopic (exact) mass is 541 g/mol. The Morgan fingerprint density at radius 1 is 0.846 bits per heavy atom. The van der Waals surface area contributed by atoms with Crippen LogP contribution in [0.1, 0.15) is 24.0 Å². The van der Waals surface area contributed by atoms with Gasteiger partial charge < -0.3 is 43.4 Å². The minimum absolute atomic E-state index is 0.0472. The number of aliphatic carboxylic acids is 1. The topological polar surface area (TPSA) is 235 Å². The molecule has 11 N–H and O–H groups in total. The molecule has 2 aromatic rings. The average Bonchev–Trinajstić information content (AvgIpc) is 2.90. The number of amides is 3. The Morgan fingerprint density at radius 2 is 1.49 bits per heavy atom. The lowest BCUT2D eigenvalue weighted by Crippen LogP contribution is -2.54. The summed E-state index contributed by atoms with van der Waals surface area (Å²) in [6.07, 6.45) is 0.657. The van der Waals surface area contributed by atoms with Crippen LogP contribution in [-0.4, -0.2) is 71.1 Å². The molecule has 210 valence electrons. The summed E-state index contributed by atoms with van der Waals surface area (Å²) >= 11 is 0. The van der Waals surface area contributed by atoms with E-state index in [9.17, 15) is 29.4 Å². The zero-order chi connectivity index (χ0) is 28.8. The van der Waals surface area contributed by atoms with Crippen LogP contribution in [-0.2, 0) is 32.0 Å². The number of aliphatic imine (C=N–C) groups is 1. The summed E-state index contributed by atoms with van der Waals surface area (Å²) in [5.74, 6) is -3.22. The van der Waals surface area contributed by atoms with Crippen LogP contribution in [0.2, 0.25) is 0 Å². The number of aromatic hydroxyl groups is 1. The molecule has 0 heterocycles. The molecule has 13 nitrogen and oxygen atoms in total. The van der Waals surface area contributed by atoms with Gasteiger partial charge in [-0.25, -0.2) is 4.79 Å². The van der Waals surface area contributed by atoms with Crippen LogP contribution in [0.5, 0.6) is 5.75 Å². The molecule has 0 fully saturated rings. The molecule has 0 aromatic heterocycles. The Kier molecular flexibility index (Phi) is 12.2. The Hall–Kier alpha value is -4.65. The molecule has 3 unspecified atom stereocenters. The van der Waals surface area contributed by atoms with Crippen LogP contribution in [0.3, 0.4) is 0 Å². The van der Waals surface area contributed by atoms with Crippen molar-refractivity contribution in [2.75, 3.05) is 13.1 Å². The molecule has 2 rings (SSSR count). The Balaban J connectivity index is 1.97. The van der Waals surface area contributed by atoms with Crippen molar-refractivity contribution in [2.24, 2.45) is 22.2 Å². The van der Waals surface area contributed by atoms with Crippen LogP contribution in [0, 0.1) is 0 Å². The second-order valence-corrected chi connectivity index (χ2v) is 8.85. The molecule has 39 heavy (non-hydrogen) atoms. The van der Waals surface area contributed by atoms with Crippen molar-refractivity contribution in [2.45, 2.75) is 43.8 Å². The maximum atomic E-state index is 13.0. The third-order valence-corrected chi connectivity index (χ3v) is 5.65. The molecule has 0 aliphatic carbocycles. The molecule has 0 aliphatic heterocycles. The third-order valence-electron chi connectivity index (χ3n) is 5.65. The van der Waals surface area contributed by atoms with E-state index in [2.05, 4.69) is 20.9 Å². The van der Waals surface area contributed by atoms with Crippen molar-refractivity contribution in [1.29, 1.82) is 0 Å². The number of benzene rings is 2. The zero-order valence-corrected chi connectivity index (χ0v) is 21.4. The first kappa shape index (κ1) is 30.6. The van der Waals surface area contributed by atoms with E-state index in [0.29, 0.717) is 12.0 Å². The number of phenolic OH excluding ortho intramolecular Hbond substituents is 1. The van der Waals surface area contributed by atoms with Crippen LogP contribution in [0.25, 0.3) is 0 Å².